The molecule has 0 bridgehead atoms. The normalized spacial score (nSPS) is 24.1. The zero-order chi connectivity index (χ0) is 14.2. The Balaban J connectivity index is 1.68. The first kappa shape index (κ1) is 14.6. The minimum absolute atomic E-state index is 0.448. The highest BCUT2D eigenvalue weighted by Crippen LogP contribution is 2.42. The highest BCUT2D eigenvalue weighted by molar-refractivity contribution is 6.35. The summed E-state index contributed by atoms with van der Waals surface area (Å²) in [5, 5.41) is 12.0. The van der Waals surface area contributed by atoms with Crippen molar-refractivity contribution in [2.45, 2.75) is 43.5 Å². The van der Waals surface area contributed by atoms with Crippen LogP contribution in [0.25, 0.3) is 0 Å². The Labute approximate surface area is 128 Å². The van der Waals surface area contributed by atoms with Crippen molar-refractivity contribution in [1.29, 1.82) is 0 Å². The molecule has 2 fully saturated rings. The van der Waals surface area contributed by atoms with E-state index >= 15 is 0 Å². The molecule has 1 aromatic rings. The van der Waals surface area contributed by atoms with Crippen LogP contribution in [-0.2, 0) is 15.9 Å². The smallest absolute Gasteiger partial charge is 0.168 e. The molecule has 2 aliphatic rings. The SMILES string of the molecule is OC1(Cc2ccc(Cl)cc2Cl)CCC2(CC1)OCCO2. The molecule has 1 aliphatic heterocycles. The molecule has 1 aromatic carbocycles. The van der Waals surface area contributed by atoms with E-state index in [-0.39, 0.29) is 0 Å². The van der Waals surface area contributed by atoms with Crippen LogP contribution in [-0.4, -0.2) is 29.7 Å². The lowest BCUT2D eigenvalue weighted by atomic mass is 9.78. The van der Waals surface area contributed by atoms with Crippen LogP contribution in [0.15, 0.2) is 18.2 Å². The Hall–Kier alpha value is -0.320. The number of ether oxygens (including phenoxy) is 2. The van der Waals surface area contributed by atoms with Crippen molar-refractivity contribution in [2.75, 3.05) is 13.2 Å². The molecule has 1 N–H and O–H groups in total. The molecule has 1 heterocycles. The summed E-state index contributed by atoms with van der Waals surface area (Å²) in [5.41, 5.74) is 0.195. The summed E-state index contributed by atoms with van der Waals surface area (Å²) in [6, 6.07) is 5.41. The maximum atomic E-state index is 10.8. The molecule has 0 unspecified atom stereocenters. The minimum Gasteiger partial charge on any atom is -0.390 e. The number of benzene rings is 1. The first-order chi connectivity index (χ1) is 9.50. The Morgan fingerprint density at radius 2 is 1.70 bits per heavy atom. The topological polar surface area (TPSA) is 38.7 Å². The fourth-order valence-electron chi connectivity index (χ4n) is 3.08. The van der Waals surface area contributed by atoms with Gasteiger partial charge in [-0.15, -0.1) is 0 Å². The molecular formula is C15H18Cl2O3. The molecule has 3 rings (SSSR count). The lowest BCUT2D eigenvalue weighted by molar-refractivity contribution is -0.202. The zero-order valence-corrected chi connectivity index (χ0v) is 12.7. The Kier molecular flexibility index (Phi) is 3.99. The van der Waals surface area contributed by atoms with Gasteiger partial charge in [-0.3, -0.25) is 0 Å². The van der Waals surface area contributed by atoms with Gasteiger partial charge in [-0.25, -0.2) is 0 Å². The first-order valence-electron chi connectivity index (χ1n) is 6.95. The lowest BCUT2D eigenvalue weighted by Crippen LogP contribution is -2.44. The van der Waals surface area contributed by atoms with Gasteiger partial charge in [-0.05, 0) is 30.5 Å². The molecule has 1 aliphatic carbocycles. The maximum absolute atomic E-state index is 10.8. The Morgan fingerprint density at radius 3 is 2.30 bits per heavy atom. The summed E-state index contributed by atoms with van der Waals surface area (Å²) in [4.78, 5) is 0. The predicted molar refractivity (Wildman–Crippen MR) is 78.2 cm³/mol. The number of hydrogen-bond donors (Lipinski definition) is 1. The van der Waals surface area contributed by atoms with Crippen molar-refractivity contribution in [3.8, 4) is 0 Å². The van der Waals surface area contributed by atoms with Crippen molar-refractivity contribution in [1.82, 2.24) is 0 Å². The molecule has 0 radical (unpaired) electrons. The standard InChI is InChI=1S/C15H18Cl2O3/c16-12-2-1-11(13(17)9-12)10-14(18)3-5-15(6-4-14)19-7-8-20-15/h1-2,9,18H,3-8,10H2. The fourth-order valence-corrected chi connectivity index (χ4v) is 3.55. The van der Waals surface area contributed by atoms with Crippen molar-refractivity contribution in [3.05, 3.63) is 33.8 Å². The van der Waals surface area contributed by atoms with Crippen LogP contribution in [0.5, 0.6) is 0 Å². The zero-order valence-electron chi connectivity index (χ0n) is 11.2. The molecule has 0 atom stereocenters. The Morgan fingerprint density at radius 1 is 1.05 bits per heavy atom. The van der Waals surface area contributed by atoms with Gasteiger partial charge in [0, 0.05) is 29.3 Å². The van der Waals surface area contributed by atoms with Gasteiger partial charge in [0.05, 0.1) is 18.8 Å². The highest BCUT2D eigenvalue weighted by Gasteiger charge is 2.45. The van der Waals surface area contributed by atoms with E-state index in [1.807, 2.05) is 6.07 Å². The minimum atomic E-state index is -0.738. The fraction of sp³-hybridized carbons (Fsp3) is 0.600. The van der Waals surface area contributed by atoms with Gasteiger partial charge in [0.15, 0.2) is 5.79 Å². The van der Waals surface area contributed by atoms with E-state index in [2.05, 4.69) is 0 Å². The van der Waals surface area contributed by atoms with Crippen LogP contribution in [0.4, 0.5) is 0 Å². The van der Waals surface area contributed by atoms with Crippen molar-refractivity contribution < 1.29 is 14.6 Å². The second-order valence-corrected chi connectivity index (χ2v) is 6.59. The van der Waals surface area contributed by atoms with E-state index in [0.717, 1.165) is 18.4 Å². The summed E-state index contributed by atoms with van der Waals surface area (Å²) >= 11 is 12.1. The summed E-state index contributed by atoms with van der Waals surface area (Å²) in [5.74, 6) is -0.448. The maximum Gasteiger partial charge on any atom is 0.168 e. The Bertz CT molecular complexity index is 488. The van der Waals surface area contributed by atoms with Crippen molar-refractivity contribution in [2.24, 2.45) is 0 Å². The lowest BCUT2D eigenvalue weighted by Gasteiger charge is -2.40. The highest BCUT2D eigenvalue weighted by atomic mass is 35.5. The summed E-state index contributed by atoms with van der Waals surface area (Å²) in [6.07, 6.45) is 3.32. The van der Waals surface area contributed by atoms with E-state index in [1.54, 1.807) is 12.1 Å². The number of halogens is 2. The number of rotatable bonds is 2. The molecule has 110 valence electrons. The summed E-state index contributed by atoms with van der Waals surface area (Å²) in [6.45, 7) is 1.31. The van der Waals surface area contributed by atoms with Crippen LogP contribution in [0, 0.1) is 0 Å². The van der Waals surface area contributed by atoms with Crippen LogP contribution < -0.4 is 0 Å². The largest absolute Gasteiger partial charge is 0.390 e. The molecule has 3 nitrogen and oxygen atoms in total. The van der Waals surface area contributed by atoms with Crippen LogP contribution in [0.3, 0.4) is 0 Å². The summed E-state index contributed by atoms with van der Waals surface area (Å²) < 4.78 is 11.4. The average Bonchev–Trinajstić information content (AvgIpc) is 2.87. The van der Waals surface area contributed by atoms with Crippen molar-refractivity contribution >= 4 is 23.2 Å². The van der Waals surface area contributed by atoms with Gasteiger partial charge in [0.25, 0.3) is 0 Å². The van der Waals surface area contributed by atoms with E-state index in [4.69, 9.17) is 32.7 Å². The molecule has 20 heavy (non-hydrogen) atoms. The van der Waals surface area contributed by atoms with Gasteiger partial charge in [-0.1, -0.05) is 29.3 Å². The van der Waals surface area contributed by atoms with Gasteiger partial charge in [0.1, 0.15) is 0 Å². The molecule has 0 aromatic heterocycles. The van der Waals surface area contributed by atoms with Gasteiger partial charge in [-0.2, -0.15) is 0 Å². The summed E-state index contributed by atoms with van der Waals surface area (Å²) in [7, 11) is 0. The van der Waals surface area contributed by atoms with E-state index < -0.39 is 11.4 Å². The van der Waals surface area contributed by atoms with Crippen LogP contribution >= 0.6 is 23.2 Å². The average molecular weight is 317 g/mol. The number of hydrogen-bond acceptors (Lipinski definition) is 3. The van der Waals surface area contributed by atoms with E-state index in [9.17, 15) is 5.11 Å². The third-order valence-electron chi connectivity index (χ3n) is 4.29. The van der Waals surface area contributed by atoms with E-state index in [0.29, 0.717) is 42.5 Å². The molecular weight excluding hydrogens is 299 g/mol. The first-order valence-corrected chi connectivity index (χ1v) is 7.70. The monoisotopic (exact) mass is 316 g/mol. The van der Waals surface area contributed by atoms with E-state index in [1.165, 1.54) is 0 Å². The van der Waals surface area contributed by atoms with Gasteiger partial charge >= 0.3 is 0 Å². The van der Waals surface area contributed by atoms with Crippen molar-refractivity contribution in [3.63, 3.8) is 0 Å². The molecule has 5 heteroatoms. The molecule has 1 spiro atoms. The molecule has 1 saturated heterocycles. The third kappa shape index (κ3) is 2.97. The third-order valence-corrected chi connectivity index (χ3v) is 4.88. The molecule has 0 amide bonds. The van der Waals surface area contributed by atoms with Gasteiger partial charge in [0.2, 0.25) is 0 Å². The second kappa shape index (κ2) is 5.47. The quantitative estimate of drug-likeness (QED) is 0.906. The second-order valence-electron chi connectivity index (χ2n) is 5.74. The van der Waals surface area contributed by atoms with Crippen LogP contribution in [0.1, 0.15) is 31.2 Å². The number of aliphatic hydroxyl groups is 1. The van der Waals surface area contributed by atoms with Crippen LogP contribution in [0.2, 0.25) is 10.0 Å². The predicted octanol–water partition coefficient (Wildman–Crippen LogP) is 3.58. The van der Waals surface area contributed by atoms with Gasteiger partial charge < -0.3 is 14.6 Å². The molecule has 1 saturated carbocycles.